The predicted molar refractivity (Wildman–Crippen MR) is 95.2 cm³/mol. The Morgan fingerprint density at radius 2 is 2.00 bits per heavy atom. The molecule has 1 N–H and O–H groups in total. The minimum absolute atomic E-state index is 0.0371. The normalized spacial score (nSPS) is 23.1. The molecule has 2 fully saturated rings. The molecule has 4 heterocycles. The molecule has 2 aromatic rings. The lowest BCUT2D eigenvalue weighted by molar-refractivity contribution is -0.121. The molecule has 5 heteroatoms. The molecule has 4 rings (SSSR count). The van der Waals surface area contributed by atoms with Crippen LogP contribution < -0.4 is 5.32 Å². The molecule has 0 bridgehead atoms. The number of carbonyl (C=O) groups is 1. The van der Waals surface area contributed by atoms with E-state index < -0.39 is 0 Å². The number of likely N-dealkylation sites (tertiary alicyclic amines) is 1. The Hall–Kier alpha value is -2.14. The molecule has 2 aromatic heterocycles. The van der Waals surface area contributed by atoms with Gasteiger partial charge in [0.15, 0.2) is 0 Å². The van der Waals surface area contributed by atoms with Crippen LogP contribution in [0.25, 0.3) is 0 Å². The van der Waals surface area contributed by atoms with Crippen molar-refractivity contribution >= 4 is 5.91 Å². The van der Waals surface area contributed by atoms with Gasteiger partial charge in [0, 0.05) is 31.0 Å². The number of furan rings is 1. The highest BCUT2D eigenvalue weighted by Crippen LogP contribution is 2.39. The molecule has 5 nitrogen and oxygen atoms in total. The van der Waals surface area contributed by atoms with Gasteiger partial charge in [0.2, 0.25) is 5.91 Å². The maximum absolute atomic E-state index is 12.5. The first kappa shape index (κ1) is 16.3. The largest absolute Gasteiger partial charge is 0.465 e. The summed E-state index contributed by atoms with van der Waals surface area (Å²) in [6, 6.07) is 6.05. The maximum atomic E-state index is 12.5. The number of amides is 1. The average molecular weight is 339 g/mol. The highest BCUT2D eigenvalue weighted by molar-refractivity contribution is 5.87. The van der Waals surface area contributed by atoms with Gasteiger partial charge in [-0.1, -0.05) is 0 Å². The number of aryl methyl sites for hydroxylation is 2. The summed E-state index contributed by atoms with van der Waals surface area (Å²) in [6.45, 7) is 6.93. The van der Waals surface area contributed by atoms with Crippen molar-refractivity contribution < 1.29 is 9.21 Å². The summed E-state index contributed by atoms with van der Waals surface area (Å²) in [4.78, 5) is 19.0. The van der Waals surface area contributed by atoms with Crippen molar-refractivity contribution in [1.82, 2.24) is 15.2 Å². The van der Waals surface area contributed by atoms with Crippen LogP contribution in [0.4, 0.5) is 0 Å². The molecule has 0 saturated carbocycles. The number of aromatic nitrogens is 1. The van der Waals surface area contributed by atoms with Gasteiger partial charge in [0.05, 0.1) is 12.5 Å². The van der Waals surface area contributed by atoms with Crippen LogP contribution in [0.2, 0.25) is 0 Å². The lowest BCUT2D eigenvalue weighted by Crippen LogP contribution is -2.50. The van der Waals surface area contributed by atoms with E-state index in [9.17, 15) is 4.79 Å². The first-order valence-corrected chi connectivity index (χ1v) is 9.05. The third-order valence-corrected chi connectivity index (χ3v) is 5.82. The molecular weight excluding hydrogens is 314 g/mol. The summed E-state index contributed by atoms with van der Waals surface area (Å²) in [5.74, 6) is 2.17. The number of carbonyl (C=O) groups excluding carboxylic acids is 1. The van der Waals surface area contributed by atoms with E-state index in [4.69, 9.17) is 4.42 Å². The van der Waals surface area contributed by atoms with Gasteiger partial charge in [0.25, 0.3) is 0 Å². The number of hydrogen-bond acceptors (Lipinski definition) is 4. The Kier molecular flexibility index (Phi) is 4.12. The fourth-order valence-corrected chi connectivity index (χ4v) is 4.16. The molecule has 0 aromatic carbocycles. The summed E-state index contributed by atoms with van der Waals surface area (Å²) >= 11 is 0. The molecule has 2 saturated heterocycles. The first-order valence-electron chi connectivity index (χ1n) is 9.05. The Morgan fingerprint density at radius 3 is 2.64 bits per heavy atom. The number of hydrogen-bond donors (Lipinski definition) is 1. The smallest absolute Gasteiger partial charge is 0.228 e. The SMILES string of the molecule is Cc1cc(CN2CCC3(CC2)CC(c2ccncc2)C(=O)N3)oc1C. The van der Waals surface area contributed by atoms with Gasteiger partial charge >= 0.3 is 0 Å². The van der Waals surface area contributed by atoms with Crippen molar-refractivity contribution in [3.8, 4) is 0 Å². The van der Waals surface area contributed by atoms with Gasteiger partial charge in [-0.2, -0.15) is 0 Å². The fraction of sp³-hybridized carbons (Fsp3) is 0.500. The monoisotopic (exact) mass is 339 g/mol. The standard InChI is InChI=1S/C20H25N3O2/c1-14-11-17(25-15(14)2)13-23-9-5-20(6-10-23)12-18(19(24)22-20)16-3-7-21-8-4-16/h3-4,7-8,11,18H,5-6,9-10,12-13H2,1-2H3,(H,22,24). The Labute approximate surface area is 148 Å². The first-order chi connectivity index (χ1) is 12.0. The number of piperidine rings is 1. The Bertz CT molecular complexity index is 741. The van der Waals surface area contributed by atoms with Crippen molar-refractivity contribution in [2.24, 2.45) is 0 Å². The maximum Gasteiger partial charge on any atom is 0.228 e. The van der Waals surface area contributed by atoms with Crippen molar-refractivity contribution in [3.63, 3.8) is 0 Å². The fourth-order valence-electron chi connectivity index (χ4n) is 4.16. The van der Waals surface area contributed by atoms with E-state index in [-0.39, 0.29) is 17.4 Å². The highest BCUT2D eigenvalue weighted by atomic mass is 16.3. The lowest BCUT2D eigenvalue weighted by Gasteiger charge is -2.39. The minimum atomic E-state index is -0.0451. The summed E-state index contributed by atoms with van der Waals surface area (Å²) in [6.07, 6.45) is 6.42. The second-order valence-corrected chi connectivity index (χ2v) is 7.53. The van der Waals surface area contributed by atoms with Gasteiger partial charge in [-0.15, -0.1) is 0 Å². The molecule has 25 heavy (non-hydrogen) atoms. The molecule has 1 spiro atoms. The van der Waals surface area contributed by atoms with Gasteiger partial charge in [-0.25, -0.2) is 0 Å². The molecule has 0 aliphatic carbocycles. The van der Waals surface area contributed by atoms with Crippen LogP contribution in [0.5, 0.6) is 0 Å². The van der Waals surface area contributed by atoms with Crippen molar-refractivity contribution in [2.45, 2.75) is 51.1 Å². The van der Waals surface area contributed by atoms with Crippen molar-refractivity contribution in [2.75, 3.05) is 13.1 Å². The molecule has 1 amide bonds. The molecule has 2 aliphatic rings. The molecule has 1 unspecified atom stereocenters. The molecular formula is C20H25N3O2. The van der Waals surface area contributed by atoms with E-state index >= 15 is 0 Å². The molecule has 2 aliphatic heterocycles. The predicted octanol–water partition coefficient (Wildman–Crippen LogP) is 2.93. The topological polar surface area (TPSA) is 58.4 Å². The van der Waals surface area contributed by atoms with Crippen molar-refractivity contribution in [1.29, 1.82) is 0 Å². The van der Waals surface area contributed by atoms with Crippen molar-refractivity contribution in [3.05, 3.63) is 53.2 Å². The quantitative estimate of drug-likeness (QED) is 0.934. The molecule has 1 atom stereocenters. The van der Waals surface area contributed by atoms with Crippen LogP contribution in [0, 0.1) is 13.8 Å². The molecule has 0 radical (unpaired) electrons. The number of pyridine rings is 1. The van der Waals surface area contributed by atoms with Gasteiger partial charge in [0.1, 0.15) is 11.5 Å². The van der Waals surface area contributed by atoms with Crippen LogP contribution in [-0.2, 0) is 11.3 Å². The van der Waals surface area contributed by atoms with E-state index in [1.54, 1.807) is 12.4 Å². The third kappa shape index (κ3) is 3.21. The zero-order chi connectivity index (χ0) is 17.4. The van der Waals surface area contributed by atoms with Crippen LogP contribution >= 0.6 is 0 Å². The van der Waals surface area contributed by atoms with E-state index in [0.29, 0.717) is 0 Å². The van der Waals surface area contributed by atoms with Gasteiger partial charge < -0.3 is 9.73 Å². The summed E-state index contributed by atoms with van der Waals surface area (Å²) < 4.78 is 5.81. The van der Waals surface area contributed by atoms with E-state index in [2.05, 4.69) is 28.2 Å². The van der Waals surface area contributed by atoms with Gasteiger partial charge in [-0.3, -0.25) is 14.7 Å². The molecule has 132 valence electrons. The van der Waals surface area contributed by atoms with E-state index in [1.807, 2.05) is 19.1 Å². The zero-order valence-corrected chi connectivity index (χ0v) is 14.9. The second kappa shape index (κ2) is 6.30. The Morgan fingerprint density at radius 1 is 1.28 bits per heavy atom. The van der Waals surface area contributed by atoms with Crippen LogP contribution in [0.1, 0.15) is 47.8 Å². The van der Waals surface area contributed by atoms with E-state index in [0.717, 1.165) is 56.0 Å². The van der Waals surface area contributed by atoms with Crippen LogP contribution in [-0.4, -0.2) is 34.4 Å². The second-order valence-electron chi connectivity index (χ2n) is 7.53. The summed E-state index contributed by atoms with van der Waals surface area (Å²) in [7, 11) is 0. The summed E-state index contributed by atoms with van der Waals surface area (Å²) in [5, 5.41) is 3.31. The van der Waals surface area contributed by atoms with Crippen LogP contribution in [0.15, 0.2) is 35.0 Å². The zero-order valence-electron chi connectivity index (χ0n) is 14.9. The number of nitrogens with one attached hydrogen (secondary N) is 1. The summed E-state index contributed by atoms with van der Waals surface area (Å²) in [5.41, 5.74) is 2.25. The number of rotatable bonds is 3. The van der Waals surface area contributed by atoms with Gasteiger partial charge in [-0.05, 0) is 62.4 Å². The third-order valence-electron chi connectivity index (χ3n) is 5.82. The number of nitrogens with zero attached hydrogens (tertiary/aromatic N) is 2. The highest BCUT2D eigenvalue weighted by Gasteiger charge is 2.46. The minimum Gasteiger partial charge on any atom is -0.465 e. The van der Waals surface area contributed by atoms with E-state index in [1.165, 1.54) is 5.56 Å². The Balaban J connectivity index is 1.39. The van der Waals surface area contributed by atoms with Crippen LogP contribution in [0.3, 0.4) is 0 Å². The lowest BCUT2D eigenvalue weighted by atomic mass is 9.82. The average Bonchev–Trinajstić information content (AvgIpc) is 3.10.